The number of pyridine rings is 1. The highest BCUT2D eigenvalue weighted by Crippen LogP contribution is 2.14. The maximum Gasteiger partial charge on any atom is 0.339 e. The van der Waals surface area contributed by atoms with E-state index in [2.05, 4.69) is 11.6 Å². The monoisotopic (exact) mass is 179 g/mol. The van der Waals surface area contributed by atoms with Gasteiger partial charge in [0.1, 0.15) is 5.75 Å². The van der Waals surface area contributed by atoms with E-state index in [-0.39, 0.29) is 17.2 Å². The van der Waals surface area contributed by atoms with Crippen molar-refractivity contribution in [3.8, 4) is 11.6 Å². The van der Waals surface area contributed by atoms with Crippen molar-refractivity contribution in [2.75, 3.05) is 0 Å². The first kappa shape index (κ1) is 9.25. The molecule has 0 amide bonds. The molecular weight excluding hydrogens is 170 g/mol. The molecule has 4 heteroatoms. The second kappa shape index (κ2) is 3.71. The highest BCUT2D eigenvalue weighted by molar-refractivity contribution is 5.88. The number of nitrogens with zero attached hydrogens (tertiary/aromatic N) is 1. The van der Waals surface area contributed by atoms with E-state index in [1.807, 2.05) is 0 Å². The van der Waals surface area contributed by atoms with E-state index >= 15 is 0 Å². The normalized spacial score (nSPS) is 9.31. The summed E-state index contributed by atoms with van der Waals surface area (Å²) < 4.78 is 4.75. The van der Waals surface area contributed by atoms with Crippen molar-refractivity contribution < 1.29 is 14.6 Å². The van der Waals surface area contributed by atoms with Gasteiger partial charge in [-0.3, -0.25) is 0 Å². The van der Waals surface area contributed by atoms with E-state index in [1.165, 1.54) is 25.3 Å². The van der Waals surface area contributed by atoms with Crippen molar-refractivity contribution in [3.05, 3.63) is 30.5 Å². The lowest BCUT2D eigenvalue weighted by molar-refractivity contribution is -0.130. The van der Waals surface area contributed by atoms with Crippen LogP contribution in [0.25, 0.3) is 0 Å². The van der Waals surface area contributed by atoms with Gasteiger partial charge in [0.25, 0.3) is 0 Å². The van der Waals surface area contributed by atoms with Crippen LogP contribution in [0.15, 0.2) is 30.5 Å². The lowest BCUT2D eigenvalue weighted by Gasteiger charge is -2.01. The molecule has 0 aliphatic heterocycles. The number of carbonyl (C=O) groups excluding carboxylic acids is 1. The molecule has 0 saturated heterocycles. The van der Waals surface area contributed by atoms with Gasteiger partial charge in [-0.25, -0.2) is 9.78 Å². The Kier molecular flexibility index (Phi) is 2.64. The number of ether oxygens (including phenoxy) is 1. The summed E-state index contributed by atoms with van der Waals surface area (Å²) in [5.41, 5.74) is 0.283. The number of esters is 1. The standard InChI is InChI=1S/C9H9NO3/c1-6(2)9(12)13-8-5-7(11)3-4-10-8/h3-5H,1H2,2H3,(H,10,11). The van der Waals surface area contributed by atoms with Gasteiger partial charge in [0, 0.05) is 17.8 Å². The van der Waals surface area contributed by atoms with Gasteiger partial charge in [-0.2, -0.15) is 0 Å². The van der Waals surface area contributed by atoms with Crippen molar-refractivity contribution >= 4 is 5.97 Å². The van der Waals surface area contributed by atoms with E-state index in [4.69, 9.17) is 9.84 Å². The zero-order valence-corrected chi connectivity index (χ0v) is 7.15. The summed E-state index contributed by atoms with van der Waals surface area (Å²) in [5.74, 6) is -0.495. The fourth-order valence-electron chi connectivity index (χ4n) is 0.637. The van der Waals surface area contributed by atoms with Crippen molar-refractivity contribution in [2.45, 2.75) is 6.92 Å². The summed E-state index contributed by atoms with van der Waals surface area (Å²) >= 11 is 0. The molecular formula is C9H9NO3. The van der Waals surface area contributed by atoms with Gasteiger partial charge in [-0.05, 0) is 13.0 Å². The number of hydrogen-bond acceptors (Lipinski definition) is 4. The Morgan fingerprint density at radius 3 is 2.92 bits per heavy atom. The predicted molar refractivity (Wildman–Crippen MR) is 46.4 cm³/mol. The molecule has 0 bridgehead atoms. The van der Waals surface area contributed by atoms with Crippen LogP contribution in [-0.2, 0) is 4.79 Å². The fraction of sp³-hybridized carbons (Fsp3) is 0.111. The topological polar surface area (TPSA) is 59.4 Å². The Bertz CT molecular complexity index is 346. The fourth-order valence-corrected chi connectivity index (χ4v) is 0.637. The average molecular weight is 179 g/mol. The van der Waals surface area contributed by atoms with Crippen LogP contribution in [0.5, 0.6) is 11.6 Å². The van der Waals surface area contributed by atoms with Gasteiger partial charge < -0.3 is 9.84 Å². The number of hydrogen-bond donors (Lipinski definition) is 1. The minimum absolute atomic E-state index is 0.000449. The van der Waals surface area contributed by atoms with Crippen molar-refractivity contribution in [3.63, 3.8) is 0 Å². The third kappa shape index (κ3) is 2.59. The van der Waals surface area contributed by atoms with E-state index in [0.717, 1.165) is 0 Å². The molecule has 0 fully saturated rings. The second-order valence-corrected chi connectivity index (χ2v) is 2.52. The number of aromatic hydroxyl groups is 1. The zero-order valence-electron chi connectivity index (χ0n) is 7.15. The van der Waals surface area contributed by atoms with Crippen LogP contribution in [0, 0.1) is 0 Å². The number of rotatable bonds is 2. The SMILES string of the molecule is C=C(C)C(=O)Oc1cc(O)ccn1. The molecule has 13 heavy (non-hydrogen) atoms. The summed E-state index contributed by atoms with van der Waals surface area (Å²) in [6, 6.07) is 2.64. The van der Waals surface area contributed by atoms with Gasteiger partial charge in [-0.1, -0.05) is 6.58 Å². The molecule has 0 aliphatic carbocycles. The number of aromatic nitrogens is 1. The molecule has 0 aliphatic rings. The molecule has 4 nitrogen and oxygen atoms in total. The Balaban J connectivity index is 2.75. The summed E-state index contributed by atoms with van der Waals surface area (Å²) in [5, 5.41) is 9.01. The molecule has 1 rings (SSSR count). The summed E-state index contributed by atoms with van der Waals surface area (Å²) in [7, 11) is 0. The summed E-state index contributed by atoms with van der Waals surface area (Å²) in [6.45, 7) is 4.94. The molecule has 0 unspecified atom stereocenters. The second-order valence-electron chi connectivity index (χ2n) is 2.52. The van der Waals surface area contributed by atoms with E-state index in [9.17, 15) is 4.79 Å². The highest BCUT2D eigenvalue weighted by atomic mass is 16.5. The van der Waals surface area contributed by atoms with Crippen molar-refractivity contribution in [1.29, 1.82) is 0 Å². The predicted octanol–water partition coefficient (Wildman–Crippen LogP) is 1.27. The minimum Gasteiger partial charge on any atom is -0.508 e. The van der Waals surface area contributed by atoms with Crippen LogP contribution >= 0.6 is 0 Å². The molecule has 0 aromatic carbocycles. The molecule has 1 heterocycles. The molecule has 1 N–H and O–H groups in total. The highest BCUT2D eigenvalue weighted by Gasteiger charge is 2.05. The maximum absolute atomic E-state index is 11.0. The van der Waals surface area contributed by atoms with Crippen LogP contribution in [0.3, 0.4) is 0 Å². The summed E-state index contributed by atoms with van der Waals surface area (Å²) in [6.07, 6.45) is 1.34. The first-order chi connectivity index (χ1) is 6.09. The third-order valence-electron chi connectivity index (χ3n) is 1.26. The Hall–Kier alpha value is -1.84. The van der Waals surface area contributed by atoms with Crippen molar-refractivity contribution in [2.24, 2.45) is 0 Å². The lowest BCUT2D eigenvalue weighted by Crippen LogP contribution is -2.08. The van der Waals surface area contributed by atoms with Crippen LogP contribution in [0.2, 0.25) is 0 Å². The Labute approximate surface area is 75.5 Å². The first-order valence-electron chi connectivity index (χ1n) is 3.62. The van der Waals surface area contributed by atoms with Crippen LogP contribution in [0.4, 0.5) is 0 Å². The zero-order chi connectivity index (χ0) is 9.84. The molecule has 1 aromatic heterocycles. The van der Waals surface area contributed by atoms with Crippen LogP contribution in [0.1, 0.15) is 6.92 Å². The Morgan fingerprint density at radius 1 is 1.69 bits per heavy atom. The molecule has 0 radical (unpaired) electrons. The maximum atomic E-state index is 11.0. The van der Waals surface area contributed by atoms with Gasteiger partial charge in [0.15, 0.2) is 0 Å². The third-order valence-corrected chi connectivity index (χ3v) is 1.26. The molecule has 68 valence electrons. The first-order valence-corrected chi connectivity index (χ1v) is 3.62. The van der Waals surface area contributed by atoms with E-state index in [0.29, 0.717) is 0 Å². The minimum atomic E-state index is -0.557. The van der Waals surface area contributed by atoms with Gasteiger partial charge >= 0.3 is 5.97 Å². The van der Waals surface area contributed by atoms with Gasteiger partial charge in [0.2, 0.25) is 5.88 Å². The largest absolute Gasteiger partial charge is 0.508 e. The Morgan fingerprint density at radius 2 is 2.38 bits per heavy atom. The quantitative estimate of drug-likeness (QED) is 0.548. The van der Waals surface area contributed by atoms with E-state index < -0.39 is 5.97 Å². The van der Waals surface area contributed by atoms with Crippen LogP contribution < -0.4 is 4.74 Å². The molecule has 0 atom stereocenters. The molecule has 0 saturated carbocycles. The smallest absolute Gasteiger partial charge is 0.339 e. The van der Waals surface area contributed by atoms with Crippen LogP contribution in [-0.4, -0.2) is 16.1 Å². The molecule has 1 aromatic rings. The molecule has 0 spiro atoms. The van der Waals surface area contributed by atoms with E-state index in [1.54, 1.807) is 0 Å². The number of carbonyl (C=O) groups is 1. The van der Waals surface area contributed by atoms with Gasteiger partial charge in [-0.15, -0.1) is 0 Å². The lowest BCUT2D eigenvalue weighted by atomic mass is 10.4. The average Bonchev–Trinajstić information content (AvgIpc) is 2.04. The van der Waals surface area contributed by atoms with Gasteiger partial charge in [0.05, 0.1) is 0 Å². The summed E-state index contributed by atoms with van der Waals surface area (Å²) in [4.78, 5) is 14.7. The van der Waals surface area contributed by atoms with Crippen molar-refractivity contribution in [1.82, 2.24) is 4.98 Å².